The topological polar surface area (TPSA) is 67.4 Å². The van der Waals surface area contributed by atoms with Crippen molar-refractivity contribution >= 4 is 23.2 Å². The minimum atomic E-state index is -0.697. The summed E-state index contributed by atoms with van der Waals surface area (Å²) in [6.07, 6.45) is 1.56. The highest BCUT2D eigenvalue weighted by molar-refractivity contribution is 6.43. The summed E-state index contributed by atoms with van der Waals surface area (Å²) in [5, 5.41) is 5.36. The molecule has 0 aliphatic rings. The van der Waals surface area contributed by atoms with E-state index >= 15 is 0 Å². The molecule has 2 aromatic rings. The van der Waals surface area contributed by atoms with Crippen molar-refractivity contribution in [3.63, 3.8) is 0 Å². The van der Waals surface area contributed by atoms with Crippen LogP contribution < -0.4 is 15.4 Å². The van der Waals surface area contributed by atoms with Crippen LogP contribution in [0.2, 0.25) is 0 Å². The predicted molar refractivity (Wildman–Crippen MR) is 100 cm³/mol. The second-order valence-corrected chi connectivity index (χ2v) is 5.52. The van der Waals surface area contributed by atoms with Gasteiger partial charge in [0.2, 0.25) is 0 Å². The molecule has 0 saturated carbocycles. The fraction of sp³-hybridized carbons (Fsp3) is 0.300. The van der Waals surface area contributed by atoms with Crippen molar-refractivity contribution in [1.29, 1.82) is 0 Å². The van der Waals surface area contributed by atoms with E-state index in [1.54, 1.807) is 24.3 Å². The summed E-state index contributed by atoms with van der Waals surface area (Å²) in [7, 11) is 0. The molecule has 0 saturated heterocycles. The van der Waals surface area contributed by atoms with Crippen LogP contribution in [0.1, 0.15) is 31.9 Å². The summed E-state index contributed by atoms with van der Waals surface area (Å²) in [6, 6.07) is 12.8. The maximum atomic E-state index is 12.3. The Bertz CT molecular complexity index is 717. The van der Waals surface area contributed by atoms with Crippen LogP contribution in [0.4, 0.5) is 11.4 Å². The molecule has 25 heavy (non-hydrogen) atoms. The lowest BCUT2D eigenvalue weighted by Crippen LogP contribution is -2.29. The van der Waals surface area contributed by atoms with Crippen LogP contribution in [-0.4, -0.2) is 18.4 Å². The van der Waals surface area contributed by atoms with Gasteiger partial charge in [0.25, 0.3) is 0 Å². The van der Waals surface area contributed by atoms with Crippen molar-refractivity contribution in [2.75, 3.05) is 17.2 Å². The Labute approximate surface area is 148 Å². The van der Waals surface area contributed by atoms with Crippen molar-refractivity contribution in [3.05, 3.63) is 53.6 Å². The molecule has 2 rings (SSSR count). The Balaban J connectivity index is 2.07. The van der Waals surface area contributed by atoms with Crippen molar-refractivity contribution in [2.45, 2.75) is 33.6 Å². The molecule has 0 bridgehead atoms. The highest BCUT2D eigenvalue weighted by atomic mass is 16.5. The third-order valence-electron chi connectivity index (χ3n) is 3.87. The quantitative estimate of drug-likeness (QED) is 0.786. The van der Waals surface area contributed by atoms with E-state index in [-0.39, 0.29) is 0 Å². The number of rotatable bonds is 6. The fourth-order valence-corrected chi connectivity index (χ4v) is 2.56. The molecule has 5 heteroatoms. The van der Waals surface area contributed by atoms with Gasteiger partial charge in [-0.3, -0.25) is 9.59 Å². The molecule has 0 radical (unpaired) electrons. The maximum absolute atomic E-state index is 12.3. The highest BCUT2D eigenvalue weighted by Crippen LogP contribution is 2.22. The van der Waals surface area contributed by atoms with Gasteiger partial charge in [-0.15, -0.1) is 0 Å². The average molecular weight is 340 g/mol. The van der Waals surface area contributed by atoms with Gasteiger partial charge in [-0.05, 0) is 55.2 Å². The lowest BCUT2D eigenvalue weighted by atomic mass is 10.0. The average Bonchev–Trinajstić information content (AvgIpc) is 2.63. The number of amides is 2. The monoisotopic (exact) mass is 340 g/mol. The van der Waals surface area contributed by atoms with E-state index in [2.05, 4.69) is 10.6 Å². The molecular weight excluding hydrogens is 316 g/mol. The highest BCUT2D eigenvalue weighted by Gasteiger charge is 2.17. The Morgan fingerprint density at radius 1 is 0.840 bits per heavy atom. The molecule has 0 aliphatic heterocycles. The zero-order valence-electron chi connectivity index (χ0n) is 14.9. The first kappa shape index (κ1) is 18.5. The predicted octanol–water partition coefficient (Wildman–Crippen LogP) is 3.79. The van der Waals surface area contributed by atoms with Gasteiger partial charge in [0.15, 0.2) is 0 Å². The summed E-state index contributed by atoms with van der Waals surface area (Å²) < 4.78 is 5.35. The van der Waals surface area contributed by atoms with Gasteiger partial charge in [-0.25, -0.2) is 0 Å². The zero-order chi connectivity index (χ0) is 18.2. The molecule has 0 fully saturated rings. The Hall–Kier alpha value is -2.82. The second-order valence-electron chi connectivity index (χ2n) is 5.52. The summed E-state index contributed by atoms with van der Waals surface area (Å²) in [6.45, 7) is 6.51. The van der Waals surface area contributed by atoms with Crippen molar-refractivity contribution in [3.8, 4) is 5.75 Å². The van der Waals surface area contributed by atoms with Crippen LogP contribution in [0.15, 0.2) is 42.5 Å². The first-order valence-corrected chi connectivity index (χ1v) is 8.54. The normalized spacial score (nSPS) is 10.2. The molecule has 0 aliphatic carbocycles. The molecule has 0 aromatic heterocycles. The van der Waals surface area contributed by atoms with E-state index in [0.29, 0.717) is 12.3 Å². The third-order valence-corrected chi connectivity index (χ3v) is 3.87. The van der Waals surface area contributed by atoms with Crippen LogP contribution in [0, 0.1) is 0 Å². The summed E-state index contributed by atoms with van der Waals surface area (Å²) in [4.78, 5) is 24.4. The summed E-state index contributed by atoms with van der Waals surface area (Å²) in [5.74, 6) is -0.656. The van der Waals surface area contributed by atoms with E-state index in [1.165, 1.54) is 0 Å². The van der Waals surface area contributed by atoms with Crippen LogP contribution in [0.25, 0.3) is 0 Å². The molecule has 2 amide bonds. The van der Waals surface area contributed by atoms with Gasteiger partial charge >= 0.3 is 11.8 Å². The van der Waals surface area contributed by atoms with E-state index < -0.39 is 11.8 Å². The number of ether oxygens (including phenoxy) is 1. The van der Waals surface area contributed by atoms with Gasteiger partial charge in [-0.1, -0.05) is 32.0 Å². The summed E-state index contributed by atoms with van der Waals surface area (Å²) >= 11 is 0. The van der Waals surface area contributed by atoms with Crippen molar-refractivity contribution in [2.24, 2.45) is 0 Å². The minimum absolute atomic E-state index is 0.545. The molecule has 2 aromatic carbocycles. The van der Waals surface area contributed by atoms with E-state index in [0.717, 1.165) is 35.4 Å². The van der Waals surface area contributed by atoms with Gasteiger partial charge < -0.3 is 15.4 Å². The number of aryl methyl sites for hydroxylation is 2. The first-order valence-electron chi connectivity index (χ1n) is 8.54. The molecule has 0 spiro atoms. The third kappa shape index (κ3) is 4.83. The van der Waals surface area contributed by atoms with E-state index in [9.17, 15) is 9.59 Å². The molecular formula is C20H24N2O3. The lowest BCUT2D eigenvalue weighted by Gasteiger charge is -2.14. The Kier molecular flexibility index (Phi) is 6.57. The lowest BCUT2D eigenvalue weighted by molar-refractivity contribution is -0.133. The number of nitrogens with one attached hydrogen (secondary N) is 2. The number of hydrogen-bond acceptors (Lipinski definition) is 3. The number of anilines is 2. The van der Waals surface area contributed by atoms with E-state index in [4.69, 9.17) is 4.74 Å². The number of hydrogen-bond donors (Lipinski definition) is 2. The first-order chi connectivity index (χ1) is 12.1. The van der Waals surface area contributed by atoms with Gasteiger partial charge in [0, 0.05) is 11.4 Å². The number of carbonyl (C=O) groups is 2. The van der Waals surface area contributed by atoms with Crippen LogP contribution in [0.3, 0.4) is 0 Å². The van der Waals surface area contributed by atoms with Crippen LogP contribution in [0.5, 0.6) is 5.75 Å². The van der Waals surface area contributed by atoms with Gasteiger partial charge in [-0.2, -0.15) is 0 Å². The Morgan fingerprint density at radius 2 is 1.40 bits per heavy atom. The minimum Gasteiger partial charge on any atom is -0.494 e. The van der Waals surface area contributed by atoms with Crippen molar-refractivity contribution in [1.82, 2.24) is 0 Å². The molecule has 0 heterocycles. The molecule has 0 unspecified atom stereocenters. The SMILES string of the molecule is CCOc1ccc(NC(=O)C(=O)Nc2c(CC)cccc2CC)cc1. The molecule has 0 atom stereocenters. The second kappa shape index (κ2) is 8.87. The number of carbonyl (C=O) groups excluding carboxylic acids is 2. The van der Waals surface area contributed by atoms with E-state index in [1.807, 2.05) is 39.0 Å². The number of para-hydroxylation sites is 1. The fourth-order valence-electron chi connectivity index (χ4n) is 2.56. The van der Waals surface area contributed by atoms with Gasteiger partial charge in [0.1, 0.15) is 5.75 Å². The smallest absolute Gasteiger partial charge is 0.314 e. The summed E-state index contributed by atoms with van der Waals surface area (Å²) in [5.41, 5.74) is 3.31. The largest absolute Gasteiger partial charge is 0.494 e. The maximum Gasteiger partial charge on any atom is 0.314 e. The van der Waals surface area contributed by atoms with Gasteiger partial charge in [0.05, 0.1) is 6.61 Å². The van der Waals surface area contributed by atoms with Crippen LogP contribution >= 0.6 is 0 Å². The molecule has 5 nitrogen and oxygen atoms in total. The number of benzene rings is 2. The zero-order valence-corrected chi connectivity index (χ0v) is 14.9. The molecule has 2 N–H and O–H groups in total. The van der Waals surface area contributed by atoms with Crippen molar-refractivity contribution < 1.29 is 14.3 Å². The van der Waals surface area contributed by atoms with Crippen LogP contribution in [-0.2, 0) is 22.4 Å². The standard InChI is InChI=1S/C20H24N2O3/c1-4-14-8-7-9-15(5-2)18(14)22-20(24)19(23)21-16-10-12-17(13-11-16)25-6-3/h7-13H,4-6H2,1-3H3,(H,21,23)(H,22,24). The Morgan fingerprint density at radius 3 is 1.92 bits per heavy atom. The molecule has 132 valence electrons.